The summed E-state index contributed by atoms with van der Waals surface area (Å²) >= 11 is 0. The summed E-state index contributed by atoms with van der Waals surface area (Å²) in [6, 6.07) is 12.8. The van der Waals surface area contributed by atoms with E-state index in [1.54, 1.807) is 12.1 Å². The highest BCUT2D eigenvalue weighted by Gasteiger charge is 2.26. The number of nitrogens with zero attached hydrogens (tertiary/aromatic N) is 2. The van der Waals surface area contributed by atoms with E-state index in [1.807, 2.05) is 37.3 Å². The third kappa shape index (κ3) is 14.4. The highest BCUT2D eigenvalue weighted by molar-refractivity contribution is 7.47. The molecular formula is C36H57N2O7P. The van der Waals surface area contributed by atoms with Crippen molar-refractivity contribution in [3.05, 3.63) is 66.0 Å². The van der Waals surface area contributed by atoms with E-state index in [0.717, 1.165) is 49.5 Å². The molecule has 0 saturated carbocycles. The average molecular weight is 661 g/mol. The molecule has 0 bridgehead atoms. The molecule has 1 heterocycles. The molecule has 0 spiro atoms. The van der Waals surface area contributed by atoms with Crippen molar-refractivity contribution in [3.63, 3.8) is 0 Å². The summed E-state index contributed by atoms with van der Waals surface area (Å²) in [6.07, 6.45) is 17.6. The first kappa shape index (κ1) is 37.7. The van der Waals surface area contributed by atoms with Crippen LogP contribution in [0.1, 0.15) is 95.6 Å². The molecule has 9 nitrogen and oxygen atoms in total. The number of ether oxygens (including phenoxy) is 3. The minimum absolute atomic E-state index is 0.133. The first-order valence-corrected chi connectivity index (χ1v) is 18.6. The van der Waals surface area contributed by atoms with Crippen molar-refractivity contribution in [3.8, 4) is 17.2 Å². The molecule has 2 unspecified atom stereocenters. The normalized spacial score (nSPS) is 14.8. The number of unbranched alkanes of at least 4 members (excludes halogenated alkanes) is 9. The van der Waals surface area contributed by atoms with Gasteiger partial charge in [-0.05, 0) is 49.6 Å². The van der Waals surface area contributed by atoms with Gasteiger partial charge < -0.3 is 28.5 Å². The van der Waals surface area contributed by atoms with Crippen molar-refractivity contribution in [1.29, 1.82) is 0 Å². The van der Waals surface area contributed by atoms with E-state index < -0.39 is 13.9 Å². The van der Waals surface area contributed by atoms with Crippen molar-refractivity contribution in [2.24, 2.45) is 0 Å². The van der Waals surface area contributed by atoms with Gasteiger partial charge in [-0.1, -0.05) is 89.8 Å². The van der Waals surface area contributed by atoms with Gasteiger partial charge in [0.2, 0.25) is 0 Å². The van der Waals surface area contributed by atoms with Crippen molar-refractivity contribution < 1.29 is 32.7 Å². The molecule has 1 aliphatic heterocycles. The number of hydrogen-bond donors (Lipinski definition) is 1. The van der Waals surface area contributed by atoms with E-state index in [1.165, 1.54) is 64.9 Å². The van der Waals surface area contributed by atoms with E-state index in [9.17, 15) is 9.46 Å². The summed E-state index contributed by atoms with van der Waals surface area (Å²) in [6.45, 7) is 9.65. The molecule has 0 radical (unpaired) electrons. The largest absolute Gasteiger partial charge is 0.527 e. The molecule has 0 aliphatic carbocycles. The molecule has 46 heavy (non-hydrogen) atoms. The lowest BCUT2D eigenvalue weighted by Crippen LogP contribution is -2.26. The molecule has 0 saturated heterocycles. The predicted molar refractivity (Wildman–Crippen MR) is 184 cm³/mol. The standard InChI is InChI=1S/C36H57N2O7P/c1-5-7-8-9-10-11-12-13-14-15-26-42-35-17-16-18-36(31(35)3)43-28-34(41-4)29-44-46(39,40)45-33-21-19-32(20-22-33)27-38-25-24-37(30-38)23-6-2/h16-22,24-25,34H,5-15,23,26-30H2,1-4H3,(H,39,40). The highest BCUT2D eigenvalue weighted by atomic mass is 31.2. The van der Waals surface area contributed by atoms with Crippen LogP contribution in [0.3, 0.4) is 0 Å². The predicted octanol–water partition coefficient (Wildman–Crippen LogP) is 8.84. The van der Waals surface area contributed by atoms with Gasteiger partial charge in [0.05, 0.1) is 19.9 Å². The lowest BCUT2D eigenvalue weighted by atomic mass is 10.1. The average Bonchev–Trinajstić information content (AvgIpc) is 3.48. The molecular weight excluding hydrogens is 603 g/mol. The summed E-state index contributed by atoms with van der Waals surface area (Å²) in [7, 11) is -2.86. The second-order valence-electron chi connectivity index (χ2n) is 12.1. The van der Waals surface area contributed by atoms with E-state index in [2.05, 4.69) is 36.0 Å². The van der Waals surface area contributed by atoms with Crippen LogP contribution in [-0.2, 0) is 20.4 Å². The maximum absolute atomic E-state index is 12.7. The molecule has 10 heteroatoms. The topological polar surface area (TPSA) is 89.9 Å². The molecule has 1 N–H and O–H groups in total. The number of rotatable bonds is 25. The second kappa shape index (κ2) is 21.2. The summed E-state index contributed by atoms with van der Waals surface area (Å²) in [5, 5.41) is 0. The van der Waals surface area contributed by atoms with Crippen LogP contribution in [0.4, 0.5) is 0 Å². The first-order chi connectivity index (χ1) is 22.3. The Labute approximate surface area is 277 Å². The summed E-state index contributed by atoms with van der Waals surface area (Å²) in [4.78, 5) is 14.8. The number of benzene rings is 2. The Balaban J connectivity index is 1.34. The Bertz CT molecular complexity index is 1190. The third-order valence-corrected chi connectivity index (χ3v) is 8.98. The molecule has 2 aromatic carbocycles. The molecule has 3 rings (SSSR count). The van der Waals surface area contributed by atoms with Crippen LogP contribution in [-0.4, -0.2) is 60.9 Å². The van der Waals surface area contributed by atoms with Crippen LogP contribution in [0.5, 0.6) is 17.2 Å². The summed E-state index contributed by atoms with van der Waals surface area (Å²) in [5.74, 6) is 1.73. The highest BCUT2D eigenvalue weighted by Crippen LogP contribution is 2.44. The third-order valence-electron chi connectivity index (χ3n) is 8.06. The van der Waals surface area contributed by atoms with E-state index >= 15 is 0 Å². The fourth-order valence-corrected chi connectivity index (χ4v) is 6.12. The Kier molecular flexibility index (Phi) is 17.4. The summed E-state index contributed by atoms with van der Waals surface area (Å²) in [5.41, 5.74) is 1.98. The number of methoxy groups -OCH3 is 1. The quantitative estimate of drug-likeness (QED) is 0.0829. The van der Waals surface area contributed by atoms with Gasteiger partial charge >= 0.3 is 7.82 Å². The first-order valence-electron chi connectivity index (χ1n) is 17.1. The van der Waals surface area contributed by atoms with Gasteiger partial charge in [0.1, 0.15) is 30.0 Å². The van der Waals surface area contributed by atoms with Gasteiger partial charge in [0, 0.05) is 38.2 Å². The van der Waals surface area contributed by atoms with Gasteiger partial charge in [-0.3, -0.25) is 9.42 Å². The van der Waals surface area contributed by atoms with E-state index in [0.29, 0.717) is 12.4 Å². The Morgan fingerprint density at radius 3 is 2.09 bits per heavy atom. The summed E-state index contributed by atoms with van der Waals surface area (Å²) < 4.78 is 40.7. The van der Waals surface area contributed by atoms with Gasteiger partial charge in [0.15, 0.2) is 0 Å². The number of phosphoric ester groups is 1. The van der Waals surface area contributed by atoms with Gasteiger partial charge in [-0.15, -0.1) is 0 Å². The zero-order valence-electron chi connectivity index (χ0n) is 28.5. The molecule has 1 aliphatic rings. The van der Waals surface area contributed by atoms with Crippen LogP contribution in [0.2, 0.25) is 0 Å². The van der Waals surface area contributed by atoms with Crippen molar-refractivity contribution in [2.75, 3.05) is 40.1 Å². The molecule has 0 aromatic heterocycles. The monoisotopic (exact) mass is 660 g/mol. The Hall–Kier alpha value is -2.71. The minimum Gasteiger partial charge on any atom is -0.493 e. The number of hydrogen-bond acceptors (Lipinski definition) is 8. The van der Waals surface area contributed by atoms with Crippen LogP contribution in [0.25, 0.3) is 0 Å². The van der Waals surface area contributed by atoms with Gasteiger partial charge in [-0.2, -0.15) is 0 Å². The van der Waals surface area contributed by atoms with Crippen molar-refractivity contribution >= 4 is 7.82 Å². The lowest BCUT2D eigenvalue weighted by molar-refractivity contribution is 0.0159. The van der Waals surface area contributed by atoms with Crippen LogP contribution in [0, 0.1) is 6.92 Å². The fraction of sp³-hybridized carbons (Fsp3) is 0.611. The minimum atomic E-state index is -4.37. The van der Waals surface area contributed by atoms with Crippen LogP contribution in [0.15, 0.2) is 54.9 Å². The molecule has 0 fully saturated rings. The van der Waals surface area contributed by atoms with Crippen LogP contribution < -0.4 is 14.0 Å². The molecule has 0 amide bonds. The zero-order chi connectivity index (χ0) is 33.0. The zero-order valence-corrected chi connectivity index (χ0v) is 29.4. The van der Waals surface area contributed by atoms with Gasteiger partial charge in [0.25, 0.3) is 0 Å². The fourth-order valence-electron chi connectivity index (χ4n) is 5.32. The smallest absolute Gasteiger partial charge is 0.493 e. The Morgan fingerprint density at radius 1 is 0.804 bits per heavy atom. The maximum atomic E-state index is 12.7. The SMILES string of the molecule is CCCCCCCCCCCCOc1cccc(OCC(COP(=O)(O)Oc2ccc(CN3C=CN(CCC)C3)cc2)OC)c1C. The van der Waals surface area contributed by atoms with E-state index in [4.69, 9.17) is 23.3 Å². The Morgan fingerprint density at radius 2 is 1.43 bits per heavy atom. The lowest BCUT2D eigenvalue weighted by Gasteiger charge is -2.21. The molecule has 2 aromatic rings. The molecule has 258 valence electrons. The van der Waals surface area contributed by atoms with Crippen molar-refractivity contribution in [2.45, 2.75) is 104 Å². The number of phosphoric acid groups is 1. The van der Waals surface area contributed by atoms with E-state index in [-0.39, 0.29) is 19.0 Å². The maximum Gasteiger partial charge on any atom is 0.527 e. The van der Waals surface area contributed by atoms with Crippen LogP contribution >= 0.6 is 7.82 Å². The van der Waals surface area contributed by atoms with Gasteiger partial charge in [-0.25, -0.2) is 4.57 Å². The van der Waals surface area contributed by atoms with Crippen molar-refractivity contribution in [1.82, 2.24) is 9.80 Å². The molecule has 2 atom stereocenters. The second-order valence-corrected chi connectivity index (χ2v) is 13.5.